The van der Waals surface area contributed by atoms with Crippen molar-refractivity contribution in [2.75, 3.05) is 26.2 Å². The lowest BCUT2D eigenvalue weighted by Crippen LogP contribution is -2.41. The van der Waals surface area contributed by atoms with E-state index in [0.29, 0.717) is 36.2 Å². The van der Waals surface area contributed by atoms with Gasteiger partial charge in [-0.3, -0.25) is 0 Å². The molecule has 2 aromatic rings. The van der Waals surface area contributed by atoms with Crippen LogP contribution in [-0.2, 0) is 0 Å². The van der Waals surface area contributed by atoms with Gasteiger partial charge >= 0.3 is 0 Å². The molecule has 0 saturated carbocycles. The number of rotatable bonds is 6. The highest BCUT2D eigenvalue weighted by molar-refractivity contribution is 5.58. The Morgan fingerprint density at radius 1 is 1.15 bits per heavy atom. The first-order chi connectivity index (χ1) is 12.4. The third-order valence-electron chi connectivity index (χ3n) is 4.53. The van der Waals surface area contributed by atoms with Crippen LogP contribution in [0.2, 0.25) is 0 Å². The van der Waals surface area contributed by atoms with Crippen molar-refractivity contribution in [1.82, 2.24) is 15.1 Å². The van der Waals surface area contributed by atoms with E-state index < -0.39 is 5.67 Å². The molecule has 0 spiro atoms. The predicted molar refractivity (Wildman–Crippen MR) is 97.3 cm³/mol. The fraction of sp³-hybridized carbons (Fsp3) is 0.500. The molecule has 0 N–H and O–H groups in total. The molecule has 0 unspecified atom stereocenters. The molecule has 6 heteroatoms. The minimum Gasteiger partial charge on any atom is -0.476 e. The molecule has 140 valence electrons. The summed E-state index contributed by atoms with van der Waals surface area (Å²) >= 11 is 0. The van der Waals surface area contributed by atoms with Gasteiger partial charge < -0.3 is 9.64 Å². The van der Waals surface area contributed by atoms with Crippen molar-refractivity contribution in [2.24, 2.45) is 5.92 Å². The van der Waals surface area contributed by atoms with Crippen LogP contribution in [0.5, 0.6) is 5.88 Å². The Balaban J connectivity index is 1.47. The molecule has 1 aliphatic heterocycles. The highest BCUT2D eigenvalue weighted by Gasteiger charge is 2.25. The second kappa shape index (κ2) is 8.08. The number of likely N-dealkylation sites (tertiary alicyclic amines) is 1. The van der Waals surface area contributed by atoms with Crippen LogP contribution in [0.15, 0.2) is 36.4 Å². The molecule has 0 bridgehead atoms. The zero-order valence-electron chi connectivity index (χ0n) is 15.3. The second-order valence-corrected chi connectivity index (χ2v) is 7.52. The molecule has 3 rings (SSSR count). The molecule has 1 aliphatic rings. The average Bonchev–Trinajstić information content (AvgIpc) is 2.60. The minimum atomic E-state index is -1.15. The summed E-state index contributed by atoms with van der Waals surface area (Å²) in [4.78, 5) is 2.17. The molecule has 1 fully saturated rings. The molecule has 4 nitrogen and oxygen atoms in total. The van der Waals surface area contributed by atoms with Gasteiger partial charge in [0.2, 0.25) is 5.88 Å². The van der Waals surface area contributed by atoms with E-state index >= 15 is 0 Å². The van der Waals surface area contributed by atoms with Crippen molar-refractivity contribution in [1.29, 1.82) is 0 Å². The zero-order valence-corrected chi connectivity index (χ0v) is 15.3. The molecule has 1 saturated heterocycles. The lowest BCUT2D eigenvalue weighted by Gasteiger charge is -2.34. The summed E-state index contributed by atoms with van der Waals surface area (Å²) in [7, 11) is 0. The van der Waals surface area contributed by atoms with Crippen LogP contribution < -0.4 is 4.74 Å². The molecule has 1 aromatic carbocycles. The van der Waals surface area contributed by atoms with Crippen molar-refractivity contribution >= 4 is 0 Å². The number of alkyl halides is 1. The summed E-state index contributed by atoms with van der Waals surface area (Å²) in [5.41, 5.74) is 0.147. The first-order valence-electron chi connectivity index (χ1n) is 9.03. The van der Waals surface area contributed by atoms with Gasteiger partial charge in [-0.05, 0) is 63.9 Å². The maximum atomic E-state index is 13.7. The zero-order chi connectivity index (χ0) is 18.6. The van der Waals surface area contributed by atoms with Crippen LogP contribution in [0.4, 0.5) is 8.78 Å². The monoisotopic (exact) mass is 361 g/mol. The Labute approximate surface area is 153 Å². The third kappa shape index (κ3) is 5.46. The molecule has 0 atom stereocenters. The maximum Gasteiger partial charge on any atom is 0.233 e. The Bertz CT molecular complexity index is 708. The Hall–Kier alpha value is -2.08. The number of aromatic nitrogens is 2. The Morgan fingerprint density at radius 3 is 2.54 bits per heavy atom. The number of nitrogens with zero attached hydrogens (tertiary/aromatic N) is 3. The SMILES string of the molecule is CC(C)(F)CN1CCC(COc2ccc(-c3cccc(F)c3)nn2)CC1. The summed E-state index contributed by atoms with van der Waals surface area (Å²) < 4.78 is 32.8. The van der Waals surface area contributed by atoms with Gasteiger partial charge in [0.15, 0.2) is 0 Å². The molecular weight excluding hydrogens is 336 g/mol. The quantitative estimate of drug-likeness (QED) is 0.776. The maximum absolute atomic E-state index is 13.7. The third-order valence-corrected chi connectivity index (χ3v) is 4.53. The Kier molecular flexibility index (Phi) is 5.81. The van der Waals surface area contributed by atoms with Crippen LogP contribution >= 0.6 is 0 Å². The van der Waals surface area contributed by atoms with Gasteiger partial charge in [-0.2, -0.15) is 0 Å². The molecule has 26 heavy (non-hydrogen) atoms. The topological polar surface area (TPSA) is 38.2 Å². The molecule has 0 radical (unpaired) electrons. The molecule has 0 amide bonds. The van der Waals surface area contributed by atoms with E-state index in [1.165, 1.54) is 12.1 Å². The number of piperidine rings is 1. The first kappa shape index (κ1) is 18.7. The fourth-order valence-electron chi connectivity index (χ4n) is 3.24. The lowest BCUT2D eigenvalue weighted by molar-refractivity contribution is 0.0828. The van der Waals surface area contributed by atoms with E-state index in [9.17, 15) is 8.78 Å². The van der Waals surface area contributed by atoms with Crippen LogP contribution in [0.3, 0.4) is 0 Å². The van der Waals surface area contributed by atoms with Gasteiger partial charge in [0, 0.05) is 18.2 Å². The number of ether oxygens (including phenoxy) is 1. The van der Waals surface area contributed by atoms with Gasteiger partial charge in [0.05, 0.1) is 12.3 Å². The van der Waals surface area contributed by atoms with E-state index in [2.05, 4.69) is 15.1 Å². The lowest BCUT2D eigenvalue weighted by atomic mass is 9.97. The highest BCUT2D eigenvalue weighted by Crippen LogP contribution is 2.22. The van der Waals surface area contributed by atoms with Crippen LogP contribution in [0, 0.1) is 11.7 Å². The molecule has 1 aromatic heterocycles. The Morgan fingerprint density at radius 2 is 1.92 bits per heavy atom. The van der Waals surface area contributed by atoms with Crippen LogP contribution in [0.1, 0.15) is 26.7 Å². The van der Waals surface area contributed by atoms with Crippen molar-refractivity contribution < 1.29 is 13.5 Å². The summed E-state index contributed by atoms with van der Waals surface area (Å²) in [6, 6.07) is 9.80. The van der Waals surface area contributed by atoms with Crippen LogP contribution in [-0.4, -0.2) is 47.0 Å². The van der Waals surface area contributed by atoms with Crippen molar-refractivity contribution in [3.8, 4) is 17.1 Å². The number of hydrogen-bond donors (Lipinski definition) is 0. The average molecular weight is 361 g/mol. The second-order valence-electron chi connectivity index (χ2n) is 7.52. The largest absolute Gasteiger partial charge is 0.476 e. The van der Waals surface area contributed by atoms with E-state index in [-0.39, 0.29) is 5.82 Å². The van der Waals surface area contributed by atoms with Crippen molar-refractivity contribution in [3.05, 3.63) is 42.2 Å². The fourth-order valence-corrected chi connectivity index (χ4v) is 3.24. The van der Waals surface area contributed by atoms with Gasteiger partial charge in [-0.1, -0.05) is 12.1 Å². The standard InChI is InChI=1S/C20H25F2N3O/c1-20(2,22)14-25-10-8-15(9-11-25)13-26-19-7-6-18(23-24-19)16-4-3-5-17(21)12-16/h3-7,12,15H,8-11,13-14H2,1-2H3. The number of hydrogen-bond acceptors (Lipinski definition) is 4. The first-order valence-corrected chi connectivity index (χ1v) is 9.03. The minimum absolute atomic E-state index is 0.299. The van der Waals surface area contributed by atoms with Crippen LogP contribution in [0.25, 0.3) is 11.3 Å². The highest BCUT2D eigenvalue weighted by atomic mass is 19.1. The van der Waals surface area contributed by atoms with Crippen molar-refractivity contribution in [3.63, 3.8) is 0 Å². The molecular formula is C20H25F2N3O. The van der Waals surface area contributed by atoms with Crippen molar-refractivity contribution in [2.45, 2.75) is 32.4 Å². The molecule has 0 aliphatic carbocycles. The van der Waals surface area contributed by atoms with Gasteiger partial charge in [0.25, 0.3) is 0 Å². The van der Waals surface area contributed by atoms with Gasteiger partial charge in [-0.25, -0.2) is 8.78 Å². The van der Waals surface area contributed by atoms with Gasteiger partial charge in [0.1, 0.15) is 11.5 Å². The summed E-state index contributed by atoms with van der Waals surface area (Å²) in [5.74, 6) is 0.614. The summed E-state index contributed by atoms with van der Waals surface area (Å²) in [5, 5.41) is 8.19. The smallest absolute Gasteiger partial charge is 0.233 e. The predicted octanol–water partition coefficient (Wildman–Crippen LogP) is 4.12. The normalized spacial score (nSPS) is 16.6. The summed E-state index contributed by atoms with van der Waals surface area (Å²) in [6.07, 6.45) is 1.98. The van der Waals surface area contributed by atoms with Gasteiger partial charge in [-0.15, -0.1) is 10.2 Å². The van der Waals surface area contributed by atoms with E-state index in [4.69, 9.17) is 4.74 Å². The van der Waals surface area contributed by atoms with E-state index in [1.54, 1.807) is 38.1 Å². The summed E-state index contributed by atoms with van der Waals surface area (Å²) in [6.45, 7) is 6.09. The molecule has 2 heterocycles. The number of halogens is 2. The number of benzene rings is 1. The van der Waals surface area contributed by atoms with E-state index in [1.807, 2.05) is 0 Å². The van der Waals surface area contributed by atoms with E-state index in [0.717, 1.165) is 25.9 Å².